The zero-order chi connectivity index (χ0) is 22.0. The van der Waals surface area contributed by atoms with Crippen LogP contribution in [0.3, 0.4) is 0 Å². The van der Waals surface area contributed by atoms with E-state index in [-0.39, 0.29) is 11.7 Å². The summed E-state index contributed by atoms with van der Waals surface area (Å²) in [5.74, 6) is -5.08. The molecule has 0 aromatic heterocycles. The predicted octanol–water partition coefficient (Wildman–Crippen LogP) is -1.68. The molecule has 0 aliphatic carbocycles. The van der Waals surface area contributed by atoms with Crippen molar-refractivity contribution < 1.29 is 34.2 Å². The van der Waals surface area contributed by atoms with E-state index in [1.165, 1.54) is 6.92 Å². The third-order valence-electron chi connectivity index (χ3n) is 3.62. The molecule has 28 heavy (non-hydrogen) atoms. The Morgan fingerprint density at radius 1 is 0.893 bits per heavy atom. The molecule has 0 aromatic carbocycles. The molecule has 7 N–H and O–H groups in total. The molecule has 0 saturated heterocycles. The zero-order valence-electron chi connectivity index (χ0n) is 16.0. The van der Waals surface area contributed by atoms with Gasteiger partial charge in [-0.1, -0.05) is 13.8 Å². The number of carboxylic acids is 2. The molecule has 0 saturated carbocycles. The van der Waals surface area contributed by atoms with E-state index in [9.17, 15) is 24.0 Å². The lowest BCUT2D eigenvalue weighted by Gasteiger charge is -2.23. The normalized spacial score (nSPS) is 15.1. The minimum atomic E-state index is -1.53. The summed E-state index contributed by atoms with van der Waals surface area (Å²) in [4.78, 5) is 58.4. The molecule has 4 unspecified atom stereocenters. The molecule has 0 aromatic rings. The van der Waals surface area contributed by atoms with Crippen LogP contribution in [-0.4, -0.2) is 69.8 Å². The third-order valence-corrected chi connectivity index (χ3v) is 3.98. The number of carbonyl (C=O) groups excluding carboxylic acids is 3. The largest absolute Gasteiger partial charge is 0.481 e. The number of nitrogens with one attached hydrogen (secondary N) is 3. The van der Waals surface area contributed by atoms with Gasteiger partial charge in [0.15, 0.2) is 0 Å². The maximum Gasteiger partial charge on any atom is 0.325 e. The zero-order valence-corrected chi connectivity index (χ0v) is 16.9. The van der Waals surface area contributed by atoms with E-state index in [2.05, 4.69) is 28.6 Å². The van der Waals surface area contributed by atoms with Crippen molar-refractivity contribution >= 4 is 42.3 Å². The summed E-state index contributed by atoms with van der Waals surface area (Å²) in [5.41, 5.74) is 5.75. The van der Waals surface area contributed by atoms with Gasteiger partial charge >= 0.3 is 11.9 Å². The Hall–Kier alpha value is -2.34. The van der Waals surface area contributed by atoms with Crippen molar-refractivity contribution in [3.05, 3.63) is 0 Å². The van der Waals surface area contributed by atoms with E-state index in [1.54, 1.807) is 0 Å². The molecule has 3 amide bonds. The molecule has 0 heterocycles. The first-order chi connectivity index (χ1) is 12.9. The minimum Gasteiger partial charge on any atom is -0.481 e. The van der Waals surface area contributed by atoms with Gasteiger partial charge in [-0.15, -0.1) is 0 Å². The summed E-state index contributed by atoms with van der Waals surface area (Å²) >= 11 is 3.98. The average Bonchev–Trinajstić information content (AvgIpc) is 2.57. The highest BCUT2D eigenvalue weighted by Gasteiger charge is 2.30. The van der Waals surface area contributed by atoms with Crippen molar-refractivity contribution in [2.75, 3.05) is 5.75 Å². The van der Waals surface area contributed by atoms with Crippen molar-refractivity contribution in [1.82, 2.24) is 16.0 Å². The Morgan fingerprint density at radius 2 is 1.39 bits per heavy atom. The number of carbonyl (C=O) groups is 5. The van der Waals surface area contributed by atoms with Crippen LogP contribution >= 0.6 is 12.6 Å². The SMILES string of the molecule is CC(C)CC(N)C(=O)NC(CS)C(=O)NC(CC(=O)O)C(=O)NC(C)C(=O)O. The summed E-state index contributed by atoms with van der Waals surface area (Å²) < 4.78 is 0. The van der Waals surface area contributed by atoms with E-state index in [0.29, 0.717) is 6.42 Å². The Bertz CT molecular complexity index is 600. The van der Waals surface area contributed by atoms with Gasteiger partial charge in [-0.3, -0.25) is 24.0 Å². The summed E-state index contributed by atoms with van der Waals surface area (Å²) in [6.07, 6.45) is -0.381. The van der Waals surface area contributed by atoms with Gasteiger partial charge in [0.1, 0.15) is 18.1 Å². The maximum atomic E-state index is 12.4. The summed E-state index contributed by atoms with van der Waals surface area (Å²) in [5, 5.41) is 24.5. The number of nitrogens with two attached hydrogens (primary N) is 1. The molecular formula is C16H28N4O7S. The van der Waals surface area contributed by atoms with Crippen molar-refractivity contribution in [3.63, 3.8) is 0 Å². The number of aliphatic carboxylic acids is 2. The minimum absolute atomic E-state index is 0.126. The summed E-state index contributed by atoms with van der Waals surface area (Å²) in [7, 11) is 0. The maximum absolute atomic E-state index is 12.4. The van der Waals surface area contributed by atoms with Crippen molar-refractivity contribution in [2.45, 2.75) is 57.8 Å². The molecule has 4 atom stereocenters. The number of amides is 3. The van der Waals surface area contributed by atoms with Crippen LogP contribution in [-0.2, 0) is 24.0 Å². The van der Waals surface area contributed by atoms with Crippen molar-refractivity contribution in [3.8, 4) is 0 Å². The standard InChI is InChI=1S/C16H28N4O7S/c1-7(2)4-9(17)13(23)20-11(6-28)15(25)19-10(5-12(21)22)14(24)18-8(3)16(26)27/h7-11,28H,4-6,17H2,1-3H3,(H,18,24)(H,19,25)(H,20,23)(H,21,22)(H,26,27). The van der Waals surface area contributed by atoms with Crippen LogP contribution in [0.5, 0.6) is 0 Å². The number of carboxylic acid groups (broad SMARTS) is 2. The Kier molecular flexibility index (Phi) is 11.2. The van der Waals surface area contributed by atoms with E-state index in [0.717, 1.165) is 0 Å². The van der Waals surface area contributed by atoms with E-state index in [1.807, 2.05) is 13.8 Å². The molecule has 0 aliphatic heterocycles. The smallest absolute Gasteiger partial charge is 0.325 e. The van der Waals surface area contributed by atoms with Crippen LogP contribution in [0.25, 0.3) is 0 Å². The van der Waals surface area contributed by atoms with Crippen molar-refractivity contribution in [2.24, 2.45) is 11.7 Å². The number of hydrogen-bond donors (Lipinski definition) is 7. The Labute approximate surface area is 168 Å². The molecule has 0 rings (SSSR count). The monoisotopic (exact) mass is 420 g/mol. The second-order valence-corrected chi connectivity index (χ2v) is 7.07. The van der Waals surface area contributed by atoms with Gasteiger partial charge in [0.05, 0.1) is 12.5 Å². The van der Waals surface area contributed by atoms with Crippen LogP contribution in [0.2, 0.25) is 0 Å². The molecule has 0 fully saturated rings. The molecule has 12 heteroatoms. The molecule has 0 spiro atoms. The fraction of sp³-hybridized carbons (Fsp3) is 0.688. The predicted molar refractivity (Wildman–Crippen MR) is 103 cm³/mol. The van der Waals surface area contributed by atoms with E-state index in [4.69, 9.17) is 15.9 Å². The Morgan fingerprint density at radius 3 is 1.82 bits per heavy atom. The first-order valence-electron chi connectivity index (χ1n) is 8.61. The number of hydrogen-bond acceptors (Lipinski definition) is 7. The fourth-order valence-electron chi connectivity index (χ4n) is 2.12. The fourth-order valence-corrected chi connectivity index (χ4v) is 2.38. The van der Waals surface area contributed by atoms with Crippen molar-refractivity contribution in [1.29, 1.82) is 0 Å². The van der Waals surface area contributed by atoms with Crippen LogP contribution in [0.15, 0.2) is 0 Å². The highest BCUT2D eigenvalue weighted by atomic mass is 32.1. The van der Waals surface area contributed by atoms with Gasteiger partial charge in [-0.25, -0.2) is 0 Å². The van der Waals surface area contributed by atoms with Crippen LogP contribution < -0.4 is 21.7 Å². The second kappa shape index (κ2) is 12.2. The number of thiol groups is 1. The molecule has 0 bridgehead atoms. The van der Waals surface area contributed by atoms with Crippen LogP contribution in [0.4, 0.5) is 0 Å². The molecule has 11 nitrogen and oxygen atoms in total. The van der Waals surface area contributed by atoms with Gasteiger partial charge < -0.3 is 31.9 Å². The van der Waals surface area contributed by atoms with Gasteiger partial charge in [0.25, 0.3) is 0 Å². The van der Waals surface area contributed by atoms with Crippen LogP contribution in [0, 0.1) is 5.92 Å². The van der Waals surface area contributed by atoms with Gasteiger partial charge in [0.2, 0.25) is 17.7 Å². The lowest BCUT2D eigenvalue weighted by Crippen LogP contribution is -2.57. The lowest BCUT2D eigenvalue weighted by atomic mass is 10.0. The quantitative estimate of drug-likeness (QED) is 0.182. The lowest BCUT2D eigenvalue weighted by molar-refractivity contribution is -0.143. The number of rotatable bonds is 12. The summed E-state index contributed by atoms with van der Waals surface area (Å²) in [6, 6.07) is -4.81. The van der Waals surface area contributed by atoms with E-state index < -0.39 is 60.2 Å². The molecule has 0 radical (unpaired) electrons. The molecular weight excluding hydrogens is 392 g/mol. The summed E-state index contributed by atoms with van der Waals surface area (Å²) in [6.45, 7) is 4.94. The molecule has 160 valence electrons. The first kappa shape index (κ1) is 25.7. The van der Waals surface area contributed by atoms with Gasteiger partial charge in [-0.05, 0) is 19.3 Å². The highest BCUT2D eigenvalue weighted by molar-refractivity contribution is 7.80. The van der Waals surface area contributed by atoms with Crippen LogP contribution in [0.1, 0.15) is 33.6 Å². The topological polar surface area (TPSA) is 188 Å². The molecule has 0 aliphatic rings. The average molecular weight is 420 g/mol. The Balaban J connectivity index is 5.10. The highest BCUT2D eigenvalue weighted by Crippen LogP contribution is 2.04. The second-order valence-electron chi connectivity index (χ2n) is 6.71. The first-order valence-corrected chi connectivity index (χ1v) is 9.24. The van der Waals surface area contributed by atoms with Gasteiger partial charge in [-0.2, -0.15) is 12.6 Å². The van der Waals surface area contributed by atoms with Gasteiger partial charge in [0, 0.05) is 5.75 Å². The van der Waals surface area contributed by atoms with E-state index >= 15 is 0 Å². The third kappa shape index (κ3) is 9.55.